The average molecular weight is 502 g/mol. The highest BCUT2D eigenvalue weighted by atomic mass is 16.5. The number of fused-ring (bicyclic) bond motifs is 3. The molecule has 0 unspecified atom stereocenters. The largest absolute Gasteiger partial charge is 0.495 e. The van der Waals surface area contributed by atoms with Crippen LogP contribution in [0.4, 0.5) is 11.6 Å². The van der Waals surface area contributed by atoms with E-state index in [1.54, 1.807) is 13.2 Å². The van der Waals surface area contributed by atoms with Crippen LogP contribution in [-0.4, -0.2) is 63.8 Å². The number of anilines is 2. The molecule has 37 heavy (non-hydrogen) atoms. The van der Waals surface area contributed by atoms with Crippen LogP contribution in [0.2, 0.25) is 0 Å². The number of piperidine rings is 1. The van der Waals surface area contributed by atoms with Gasteiger partial charge in [0.25, 0.3) is 5.91 Å². The first-order valence-corrected chi connectivity index (χ1v) is 13.4. The predicted octanol–water partition coefficient (Wildman–Crippen LogP) is 3.82. The van der Waals surface area contributed by atoms with E-state index < -0.39 is 0 Å². The number of hydrogen-bond donors (Lipinski definition) is 2. The Morgan fingerprint density at radius 3 is 2.65 bits per heavy atom. The Kier molecular flexibility index (Phi) is 6.32. The zero-order valence-electron chi connectivity index (χ0n) is 21.9. The molecule has 3 aliphatic rings. The van der Waals surface area contributed by atoms with E-state index in [1.165, 1.54) is 36.1 Å². The lowest BCUT2D eigenvalue weighted by molar-refractivity contribution is 0.0916. The second kappa shape index (κ2) is 9.78. The van der Waals surface area contributed by atoms with E-state index in [0.717, 1.165) is 55.8 Å². The van der Waals surface area contributed by atoms with E-state index in [2.05, 4.69) is 39.3 Å². The number of likely N-dealkylation sites (tertiary alicyclic amines) is 1. The van der Waals surface area contributed by atoms with Gasteiger partial charge in [0.15, 0.2) is 0 Å². The Hall–Kier alpha value is -3.46. The number of amides is 1. The van der Waals surface area contributed by atoms with E-state index in [0.29, 0.717) is 23.2 Å². The van der Waals surface area contributed by atoms with E-state index in [-0.39, 0.29) is 11.9 Å². The summed E-state index contributed by atoms with van der Waals surface area (Å²) in [4.78, 5) is 24.8. The number of rotatable bonds is 6. The molecular weight excluding hydrogens is 466 g/mol. The lowest BCUT2D eigenvalue weighted by atomic mass is 9.79. The molecule has 3 heterocycles. The Labute approximate surface area is 217 Å². The van der Waals surface area contributed by atoms with Gasteiger partial charge in [-0.1, -0.05) is 6.42 Å². The monoisotopic (exact) mass is 501 g/mol. The second-order valence-corrected chi connectivity index (χ2v) is 10.6. The molecule has 6 rings (SSSR count). The van der Waals surface area contributed by atoms with Crippen LogP contribution in [0.1, 0.15) is 65.3 Å². The maximum Gasteiger partial charge on any atom is 0.251 e. The third-order valence-electron chi connectivity index (χ3n) is 8.15. The summed E-state index contributed by atoms with van der Waals surface area (Å²) < 4.78 is 7.71. The van der Waals surface area contributed by atoms with E-state index in [9.17, 15) is 4.79 Å². The van der Waals surface area contributed by atoms with Crippen molar-refractivity contribution >= 4 is 17.5 Å². The maximum atomic E-state index is 12.9. The van der Waals surface area contributed by atoms with Gasteiger partial charge in [0.1, 0.15) is 5.75 Å². The molecule has 0 radical (unpaired) electrons. The summed E-state index contributed by atoms with van der Waals surface area (Å²) in [7, 11) is 5.78. The highest BCUT2D eigenvalue weighted by Crippen LogP contribution is 2.44. The lowest BCUT2D eigenvalue weighted by Gasteiger charge is -2.29. The number of benzene rings is 1. The minimum Gasteiger partial charge on any atom is -0.495 e. The number of aryl methyl sites for hydroxylation is 3. The zero-order valence-corrected chi connectivity index (χ0v) is 21.9. The predicted molar refractivity (Wildman–Crippen MR) is 142 cm³/mol. The third-order valence-corrected chi connectivity index (χ3v) is 8.15. The molecule has 1 saturated heterocycles. The summed E-state index contributed by atoms with van der Waals surface area (Å²) >= 11 is 0. The Bertz CT molecular complexity index is 1320. The van der Waals surface area contributed by atoms with Gasteiger partial charge in [-0.25, -0.2) is 9.97 Å². The summed E-state index contributed by atoms with van der Waals surface area (Å²) in [5.74, 6) is 1.58. The molecule has 1 saturated carbocycles. The standard InChI is InChI=1S/C28H35N7O2/c1-34-13-11-20(12-14-34)30-27(36)18-7-9-21(23(15-18)37-3)31-28-29-16-19-8-10-22-24(25(19)32-28)26(35(2)33-22)17-5-4-6-17/h7,9,15-17,20H,4-6,8,10-14H2,1-3H3,(H,30,36)(H,29,31,32). The van der Waals surface area contributed by atoms with Crippen LogP contribution in [0, 0.1) is 0 Å². The fourth-order valence-corrected chi connectivity index (χ4v) is 5.77. The highest BCUT2D eigenvalue weighted by Gasteiger charge is 2.32. The van der Waals surface area contributed by atoms with Crippen molar-refractivity contribution in [3.8, 4) is 17.0 Å². The molecule has 2 aromatic heterocycles. The molecule has 2 aliphatic carbocycles. The summed E-state index contributed by atoms with van der Waals surface area (Å²) in [6, 6.07) is 5.67. The van der Waals surface area contributed by atoms with Crippen LogP contribution >= 0.6 is 0 Å². The van der Waals surface area contributed by atoms with Gasteiger partial charge < -0.3 is 20.3 Å². The lowest BCUT2D eigenvalue weighted by Crippen LogP contribution is -2.43. The summed E-state index contributed by atoms with van der Waals surface area (Å²) in [6.45, 7) is 2.00. The van der Waals surface area contributed by atoms with Crippen LogP contribution in [0.25, 0.3) is 11.3 Å². The average Bonchev–Trinajstić information content (AvgIpc) is 3.20. The molecule has 0 atom stereocenters. The Morgan fingerprint density at radius 2 is 1.92 bits per heavy atom. The minimum absolute atomic E-state index is 0.0722. The smallest absolute Gasteiger partial charge is 0.251 e. The van der Waals surface area contributed by atoms with Gasteiger partial charge in [0.2, 0.25) is 5.95 Å². The number of aromatic nitrogens is 4. The van der Waals surface area contributed by atoms with Crippen molar-refractivity contribution < 1.29 is 9.53 Å². The van der Waals surface area contributed by atoms with Crippen LogP contribution < -0.4 is 15.4 Å². The first-order valence-electron chi connectivity index (χ1n) is 13.4. The quantitative estimate of drug-likeness (QED) is 0.530. The van der Waals surface area contributed by atoms with Crippen molar-refractivity contribution in [3.63, 3.8) is 0 Å². The van der Waals surface area contributed by atoms with Crippen LogP contribution in [0.3, 0.4) is 0 Å². The van der Waals surface area contributed by atoms with Crippen molar-refractivity contribution in [3.05, 3.63) is 46.9 Å². The third kappa shape index (κ3) is 4.56. The van der Waals surface area contributed by atoms with E-state index in [4.69, 9.17) is 14.8 Å². The number of nitrogens with one attached hydrogen (secondary N) is 2. The van der Waals surface area contributed by atoms with Crippen molar-refractivity contribution in [1.29, 1.82) is 0 Å². The van der Waals surface area contributed by atoms with Crippen LogP contribution in [0.5, 0.6) is 5.75 Å². The second-order valence-electron chi connectivity index (χ2n) is 10.6. The molecule has 2 fully saturated rings. The molecule has 0 spiro atoms. The van der Waals surface area contributed by atoms with Gasteiger partial charge in [-0.15, -0.1) is 0 Å². The van der Waals surface area contributed by atoms with Gasteiger partial charge in [0.05, 0.1) is 29.9 Å². The summed E-state index contributed by atoms with van der Waals surface area (Å²) in [6.07, 6.45) is 9.40. The first-order chi connectivity index (χ1) is 18.0. The normalized spacial score (nSPS) is 18.0. The van der Waals surface area contributed by atoms with Crippen molar-refractivity contribution in [2.45, 2.75) is 56.9 Å². The van der Waals surface area contributed by atoms with Gasteiger partial charge in [-0.05, 0) is 82.4 Å². The van der Waals surface area contributed by atoms with Gasteiger partial charge in [-0.2, -0.15) is 5.10 Å². The van der Waals surface area contributed by atoms with Crippen molar-refractivity contribution in [1.82, 2.24) is 30.0 Å². The molecular formula is C28H35N7O2. The summed E-state index contributed by atoms with van der Waals surface area (Å²) in [5, 5.41) is 11.3. The van der Waals surface area contributed by atoms with Gasteiger partial charge in [0, 0.05) is 36.3 Å². The molecule has 1 amide bonds. The number of hydrogen-bond acceptors (Lipinski definition) is 7. The highest BCUT2D eigenvalue weighted by molar-refractivity contribution is 5.95. The van der Waals surface area contributed by atoms with E-state index >= 15 is 0 Å². The van der Waals surface area contributed by atoms with Crippen molar-refractivity contribution in [2.24, 2.45) is 7.05 Å². The first kappa shape index (κ1) is 23.9. The minimum atomic E-state index is -0.0722. The SMILES string of the molecule is COc1cc(C(=O)NC2CCN(C)CC2)ccc1Nc1ncc2c(n1)-c1c(nn(C)c1C1CCC1)CC2. The molecule has 194 valence electrons. The molecule has 9 nitrogen and oxygen atoms in total. The number of carbonyl (C=O) groups is 1. The Balaban J connectivity index is 1.24. The zero-order chi connectivity index (χ0) is 25.5. The fourth-order valence-electron chi connectivity index (χ4n) is 5.77. The Morgan fingerprint density at radius 1 is 1.11 bits per heavy atom. The number of carbonyl (C=O) groups excluding carboxylic acids is 1. The molecule has 1 aromatic carbocycles. The van der Waals surface area contributed by atoms with Crippen molar-refractivity contribution in [2.75, 3.05) is 32.6 Å². The maximum absolute atomic E-state index is 12.9. The molecule has 9 heteroatoms. The molecule has 2 N–H and O–H groups in total. The van der Waals surface area contributed by atoms with Crippen LogP contribution in [0.15, 0.2) is 24.4 Å². The number of methoxy groups -OCH3 is 1. The molecule has 3 aromatic rings. The van der Waals surface area contributed by atoms with E-state index in [1.807, 2.05) is 18.3 Å². The summed E-state index contributed by atoms with van der Waals surface area (Å²) in [5.41, 5.74) is 7.11. The fraction of sp³-hybridized carbons (Fsp3) is 0.500. The molecule has 1 aliphatic heterocycles. The number of ether oxygens (including phenoxy) is 1. The van der Waals surface area contributed by atoms with Crippen LogP contribution in [-0.2, 0) is 19.9 Å². The number of nitrogens with zero attached hydrogens (tertiary/aromatic N) is 5. The van der Waals surface area contributed by atoms with Gasteiger partial charge >= 0.3 is 0 Å². The van der Waals surface area contributed by atoms with Gasteiger partial charge in [-0.3, -0.25) is 9.48 Å². The molecule has 0 bridgehead atoms. The topological polar surface area (TPSA) is 97.2 Å².